The highest BCUT2D eigenvalue weighted by atomic mass is 16.4. The number of nitrogens with one attached hydrogen (secondary N) is 1. The Bertz CT molecular complexity index is 810. The molecule has 0 spiro atoms. The number of Topliss-reactive ketones (excluding diaryl/α,β-unsaturated/α-hetero) is 1. The molecular weight excluding hydrogens is 358 g/mol. The van der Waals surface area contributed by atoms with Crippen LogP contribution in [0.2, 0.25) is 0 Å². The number of amides is 2. The molecule has 1 fully saturated rings. The summed E-state index contributed by atoms with van der Waals surface area (Å²) in [7, 11) is 0. The van der Waals surface area contributed by atoms with Crippen LogP contribution in [0.1, 0.15) is 57.9 Å². The average Bonchev–Trinajstić information content (AvgIpc) is 3.08. The fourth-order valence-corrected chi connectivity index (χ4v) is 4.08. The number of carbonyl (C=O) groups is 3. The molecule has 2 N–H and O–H groups in total. The molecule has 7 nitrogen and oxygen atoms in total. The molecule has 150 valence electrons. The van der Waals surface area contributed by atoms with Gasteiger partial charge in [-0.3, -0.25) is 9.59 Å². The molecule has 7 heteroatoms. The minimum atomic E-state index is -1.17. The molecule has 2 amide bonds. The number of carboxylic acid groups (broad SMARTS) is 1. The van der Waals surface area contributed by atoms with Crippen LogP contribution in [0.4, 0.5) is 10.5 Å². The summed E-state index contributed by atoms with van der Waals surface area (Å²) in [6, 6.07) is 6.47. The van der Waals surface area contributed by atoms with Crippen molar-refractivity contribution in [3.05, 3.63) is 29.8 Å². The molecule has 1 aromatic rings. The van der Waals surface area contributed by atoms with Gasteiger partial charge in [0.25, 0.3) is 0 Å². The van der Waals surface area contributed by atoms with Gasteiger partial charge in [-0.25, -0.2) is 9.80 Å². The number of anilines is 1. The van der Waals surface area contributed by atoms with Gasteiger partial charge in [-0.2, -0.15) is 5.10 Å². The third-order valence-corrected chi connectivity index (χ3v) is 5.60. The van der Waals surface area contributed by atoms with Gasteiger partial charge in [0.2, 0.25) is 0 Å². The van der Waals surface area contributed by atoms with Crippen LogP contribution in [-0.4, -0.2) is 40.2 Å². The predicted molar refractivity (Wildman–Crippen MR) is 106 cm³/mol. The molecule has 3 rings (SSSR count). The zero-order valence-corrected chi connectivity index (χ0v) is 16.4. The van der Waals surface area contributed by atoms with Crippen LogP contribution in [0, 0.1) is 11.3 Å². The second-order valence-corrected chi connectivity index (χ2v) is 8.31. The number of hydrazone groups is 1. The second kappa shape index (κ2) is 8.12. The van der Waals surface area contributed by atoms with E-state index in [4.69, 9.17) is 5.11 Å². The molecule has 0 bridgehead atoms. The average molecular weight is 385 g/mol. The third-order valence-electron chi connectivity index (χ3n) is 5.60. The van der Waals surface area contributed by atoms with Crippen LogP contribution in [0.25, 0.3) is 0 Å². The van der Waals surface area contributed by atoms with E-state index in [0.29, 0.717) is 22.9 Å². The van der Waals surface area contributed by atoms with Gasteiger partial charge < -0.3 is 10.4 Å². The van der Waals surface area contributed by atoms with Crippen molar-refractivity contribution in [3.8, 4) is 0 Å². The molecule has 1 saturated carbocycles. The lowest BCUT2D eigenvalue weighted by atomic mass is 9.76. The van der Waals surface area contributed by atoms with Crippen molar-refractivity contribution in [2.75, 3.05) is 11.9 Å². The van der Waals surface area contributed by atoms with E-state index in [1.54, 1.807) is 18.2 Å². The fourth-order valence-electron chi connectivity index (χ4n) is 4.08. The Labute approximate surface area is 164 Å². The Kier molecular flexibility index (Phi) is 5.82. The monoisotopic (exact) mass is 385 g/mol. The normalized spacial score (nSPS) is 17.6. The highest BCUT2D eigenvalue weighted by Crippen LogP contribution is 2.37. The molecule has 1 aliphatic carbocycles. The number of ketones is 1. The summed E-state index contributed by atoms with van der Waals surface area (Å²) < 4.78 is 0. The lowest BCUT2D eigenvalue weighted by Gasteiger charge is -2.27. The summed E-state index contributed by atoms with van der Waals surface area (Å²) in [6.45, 7) is 3.37. The first-order chi connectivity index (χ1) is 13.3. The van der Waals surface area contributed by atoms with E-state index in [0.717, 1.165) is 11.4 Å². The second-order valence-electron chi connectivity index (χ2n) is 8.31. The number of fused-ring (bicyclic) bond motifs is 1. The first-order valence-corrected chi connectivity index (χ1v) is 9.77. The predicted octanol–water partition coefficient (Wildman–Crippen LogP) is 3.89. The highest BCUT2D eigenvalue weighted by Gasteiger charge is 2.34. The van der Waals surface area contributed by atoms with E-state index in [1.165, 1.54) is 25.7 Å². The summed E-state index contributed by atoms with van der Waals surface area (Å²) in [5.41, 5.74) is 1.10. The summed E-state index contributed by atoms with van der Waals surface area (Å²) in [6.07, 6.45) is 5.70. The van der Waals surface area contributed by atoms with Crippen LogP contribution in [0.3, 0.4) is 0 Å². The zero-order valence-electron chi connectivity index (χ0n) is 16.4. The van der Waals surface area contributed by atoms with Crippen molar-refractivity contribution >= 4 is 29.2 Å². The number of hydrogen-bond acceptors (Lipinski definition) is 4. The quantitative estimate of drug-likeness (QED) is 0.744. The minimum absolute atomic E-state index is 0.0533. The molecule has 0 radical (unpaired) electrons. The molecule has 0 saturated heterocycles. The van der Waals surface area contributed by atoms with E-state index in [9.17, 15) is 14.4 Å². The number of hydrogen-bond donors (Lipinski definition) is 2. The van der Waals surface area contributed by atoms with Gasteiger partial charge in [0.15, 0.2) is 0 Å². The third kappa shape index (κ3) is 4.58. The molecule has 1 aliphatic heterocycles. The number of para-hydroxylation sites is 1. The van der Waals surface area contributed by atoms with Crippen molar-refractivity contribution in [2.24, 2.45) is 16.4 Å². The number of urea groups is 1. The number of benzene rings is 1. The smallest absolute Gasteiger partial charge is 0.342 e. The molecule has 1 heterocycles. The summed E-state index contributed by atoms with van der Waals surface area (Å²) in [5.74, 6) is -0.538. The van der Waals surface area contributed by atoms with Crippen LogP contribution >= 0.6 is 0 Å². The zero-order chi connectivity index (χ0) is 20.3. The summed E-state index contributed by atoms with van der Waals surface area (Å²) >= 11 is 0. The summed E-state index contributed by atoms with van der Waals surface area (Å²) in [4.78, 5) is 36.6. The lowest BCUT2D eigenvalue weighted by molar-refractivity contribution is -0.137. The first-order valence-electron chi connectivity index (χ1n) is 9.77. The maximum absolute atomic E-state index is 13.1. The van der Waals surface area contributed by atoms with E-state index in [2.05, 4.69) is 10.4 Å². The largest absolute Gasteiger partial charge is 0.480 e. The van der Waals surface area contributed by atoms with Crippen LogP contribution in [-0.2, 0) is 9.59 Å². The van der Waals surface area contributed by atoms with Gasteiger partial charge in [-0.15, -0.1) is 0 Å². The van der Waals surface area contributed by atoms with Gasteiger partial charge >= 0.3 is 12.0 Å². The maximum Gasteiger partial charge on any atom is 0.342 e. The van der Waals surface area contributed by atoms with Crippen molar-refractivity contribution in [1.29, 1.82) is 0 Å². The van der Waals surface area contributed by atoms with Gasteiger partial charge in [-0.05, 0) is 18.4 Å². The molecule has 0 atom stereocenters. The molecule has 0 aromatic heterocycles. The number of rotatable bonds is 7. The van der Waals surface area contributed by atoms with E-state index in [1.807, 2.05) is 19.9 Å². The van der Waals surface area contributed by atoms with Crippen molar-refractivity contribution in [2.45, 2.75) is 52.4 Å². The fraction of sp³-hybridized carbons (Fsp3) is 0.524. The Balaban J connectivity index is 1.86. The molecular formula is C21H27N3O4. The van der Waals surface area contributed by atoms with Gasteiger partial charge in [0.05, 0.1) is 17.8 Å². The SMILES string of the molecule is CC(C)(CC1CCCC1)C(=O)CC1=NN(CC(=O)O)C(=O)Nc2ccccc21. The van der Waals surface area contributed by atoms with Gasteiger partial charge in [0.1, 0.15) is 12.3 Å². The Morgan fingerprint density at radius 3 is 2.61 bits per heavy atom. The number of carbonyl (C=O) groups excluding carboxylic acids is 2. The number of carboxylic acids is 1. The van der Waals surface area contributed by atoms with E-state index >= 15 is 0 Å². The first kappa shape index (κ1) is 20.0. The molecule has 1 aromatic carbocycles. The number of nitrogens with zero attached hydrogens (tertiary/aromatic N) is 2. The number of aliphatic carboxylic acids is 1. The van der Waals surface area contributed by atoms with Crippen molar-refractivity contribution in [1.82, 2.24) is 5.01 Å². The Morgan fingerprint density at radius 1 is 1.25 bits per heavy atom. The molecule has 28 heavy (non-hydrogen) atoms. The van der Waals surface area contributed by atoms with Gasteiger partial charge in [-0.1, -0.05) is 57.7 Å². The molecule has 0 unspecified atom stereocenters. The standard InChI is InChI=1S/C21H27N3O4/c1-21(2,12-14-7-3-4-8-14)18(25)11-17-15-9-5-6-10-16(15)22-20(28)24(23-17)13-19(26)27/h5-6,9-10,14H,3-4,7-8,11-13H2,1-2H3,(H,22,28)(H,26,27). The van der Waals surface area contributed by atoms with Crippen LogP contribution in [0.5, 0.6) is 0 Å². The minimum Gasteiger partial charge on any atom is -0.480 e. The van der Waals surface area contributed by atoms with E-state index < -0.39 is 24.0 Å². The Hall–Kier alpha value is -2.70. The van der Waals surface area contributed by atoms with Crippen molar-refractivity contribution < 1.29 is 19.5 Å². The summed E-state index contributed by atoms with van der Waals surface area (Å²) in [5, 5.41) is 16.9. The van der Waals surface area contributed by atoms with E-state index in [-0.39, 0.29) is 12.2 Å². The highest BCUT2D eigenvalue weighted by molar-refractivity contribution is 6.17. The maximum atomic E-state index is 13.1. The topological polar surface area (TPSA) is 99.1 Å². The van der Waals surface area contributed by atoms with Crippen LogP contribution < -0.4 is 5.32 Å². The lowest BCUT2D eigenvalue weighted by Crippen LogP contribution is -2.34. The van der Waals surface area contributed by atoms with Gasteiger partial charge in [0, 0.05) is 11.0 Å². The Morgan fingerprint density at radius 2 is 1.93 bits per heavy atom. The van der Waals surface area contributed by atoms with Crippen molar-refractivity contribution in [3.63, 3.8) is 0 Å². The van der Waals surface area contributed by atoms with Crippen LogP contribution in [0.15, 0.2) is 29.4 Å². The molecule has 2 aliphatic rings.